The summed E-state index contributed by atoms with van der Waals surface area (Å²) in [6.07, 6.45) is 2.91. The van der Waals surface area contributed by atoms with Crippen molar-refractivity contribution < 1.29 is 9.53 Å². The van der Waals surface area contributed by atoms with Crippen LogP contribution in [0, 0.1) is 0 Å². The van der Waals surface area contributed by atoms with Crippen LogP contribution >= 0.6 is 11.8 Å². The molecule has 0 saturated carbocycles. The van der Waals surface area contributed by atoms with Gasteiger partial charge < -0.3 is 9.64 Å². The van der Waals surface area contributed by atoms with E-state index in [0.717, 1.165) is 17.9 Å². The lowest BCUT2D eigenvalue weighted by atomic mass is 10.2. The molecule has 0 radical (unpaired) electrons. The number of pyridine rings is 1. The molecule has 1 atom stereocenters. The number of rotatable bonds is 3. The fraction of sp³-hybridized carbons (Fsp3) is 0.500. The van der Waals surface area contributed by atoms with Crippen LogP contribution in [0.4, 0.5) is 0 Å². The van der Waals surface area contributed by atoms with Gasteiger partial charge in [-0.25, -0.2) is 4.98 Å². The van der Waals surface area contributed by atoms with Crippen molar-refractivity contribution in [1.29, 1.82) is 0 Å². The highest BCUT2D eigenvalue weighted by Gasteiger charge is 2.18. The van der Waals surface area contributed by atoms with E-state index in [2.05, 4.69) is 4.98 Å². The average molecular weight is 252 g/mol. The molecule has 1 fully saturated rings. The highest BCUT2D eigenvalue weighted by atomic mass is 32.2. The minimum Gasteiger partial charge on any atom is -0.473 e. The summed E-state index contributed by atoms with van der Waals surface area (Å²) in [6, 6.07) is 3.42. The summed E-state index contributed by atoms with van der Waals surface area (Å²) < 4.78 is 5.74. The van der Waals surface area contributed by atoms with E-state index in [1.54, 1.807) is 37.3 Å². The van der Waals surface area contributed by atoms with Gasteiger partial charge in [-0.2, -0.15) is 11.8 Å². The summed E-state index contributed by atoms with van der Waals surface area (Å²) in [5.41, 5.74) is 0.616. The molecule has 2 rings (SSSR count). The Bertz CT molecular complexity index is 403. The number of ether oxygens (including phenoxy) is 1. The molecule has 1 unspecified atom stereocenters. The average Bonchev–Trinajstić information content (AvgIpc) is 2.81. The summed E-state index contributed by atoms with van der Waals surface area (Å²) in [5.74, 6) is 2.66. The van der Waals surface area contributed by atoms with Crippen LogP contribution < -0.4 is 4.74 Å². The fourth-order valence-electron chi connectivity index (χ4n) is 1.64. The highest BCUT2D eigenvalue weighted by Crippen LogP contribution is 2.22. The van der Waals surface area contributed by atoms with Gasteiger partial charge >= 0.3 is 0 Å². The first-order valence-electron chi connectivity index (χ1n) is 5.59. The molecular formula is C12H16N2O2S. The predicted octanol–water partition coefficient (Wildman–Crippen LogP) is 1.67. The van der Waals surface area contributed by atoms with Gasteiger partial charge in [-0.1, -0.05) is 0 Å². The van der Waals surface area contributed by atoms with Crippen LogP contribution in [0.2, 0.25) is 0 Å². The Morgan fingerprint density at radius 2 is 2.41 bits per heavy atom. The fourth-order valence-corrected chi connectivity index (χ4v) is 2.74. The van der Waals surface area contributed by atoms with Gasteiger partial charge in [0.15, 0.2) is 0 Å². The van der Waals surface area contributed by atoms with Gasteiger partial charge in [-0.05, 0) is 18.2 Å². The first kappa shape index (κ1) is 12.2. The zero-order chi connectivity index (χ0) is 12.3. The van der Waals surface area contributed by atoms with Crippen LogP contribution in [0.3, 0.4) is 0 Å². The van der Waals surface area contributed by atoms with E-state index in [-0.39, 0.29) is 12.0 Å². The molecule has 1 amide bonds. The second kappa shape index (κ2) is 5.40. The van der Waals surface area contributed by atoms with Gasteiger partial charge in [0.25, 0.3) is 5.91 Å². The predicted molar refractivity (Wildman–Crippen MR) is 68.6 cm³/mol. The number of thioether (sulfide) groups is 1. The van der Waals surface area contributed by atoms with Crippen LogP contribution in [0.5, 0.6) is 5.88 Å². The SMILES string of the molecule is CN(C)C(=O)c1ccnc(OC2CCSC2)c1. The summed E-state index contributed by atoms with van der Waals surface area (Å²) in [7, 11) is 3.47. The van der Waals surface area contributed by atoms with E-state index < -0.39 is 0 Å². The molecule has 1 aliphatic heterocycles. The normalized spacial score (nSPS) is 19.1. The van der Waals surface area contributed by atoms with Gasteiger partial charge in [0.05, 0.1) is 0 Å². The molecule has 92 valence electrons. The molecule has 0 aromatic carbocycles. The molecule has 1 saturated heterocycles. The zero-order valence-corrected chi connectivity index (χ0v) is 10.9. The molecular weight excluding hydrogens is 236 g/mol. The van der Waals surface area contributed by atoms with Crippen LogP contribution in [0.15, 0.2) is 18.3 Å². The van der Waals surface area contributed by atoms with Crippen LogP contribution in [-0.2, 0) is 0 Å². The maximum Gasteiger partial charge on any atom is 0.253 e. The first-order valence-corrected chi connectivity index (χ1v) is 6.74. The lowest BCUT2D eigenvalue weighted by molar-refractivity contribution is 0.0826. The molecule has 0 aliphatic carbocycles. The monoisotopic (exact) mass is 252 g/mol. The number of aromatic nitrogens is 1. The van der Waals surface area contributed by atoms with Crippen molar-refractivity contribution in [2.24, 2.45) is 0 Å². The Hall–Kier alpha value is -1.23. The maximum atomic E-state index is 11.8. The van der Waals surface area contributed by atoms with E-state index in [0.29, 0.717) is 11.4 Å². The molecule has 4 nitrogen and oxygen atoms in total. The Balaban J connectivity index is 2.08. The van der Waals surface area contributed by atoms with Crippen molar-refractivity contribution in [2.75, 3.05) is 25.6 Å². The lowest BCUT2D eigenvalue weighted by Gasteiger charge is -2.13. The summed E-state index contributed by atoms with van der Waals surface area (Å²) in [6.45, 7) is 0. The van der Waals surface area contributed by atoms with E-state index in [1.165, 1.54) is 0 Å². The Morgan fingerprint density at radius 1 is 1.59 bits per heavy atom. The molecule has 0 spiro atoms. The first-order chi connectivity index (χ1) is 8.16. The second-order valence-electron chi connectivity index (χ2n) is 4.19. The Morgan fingerprint density at radius 3 is 3.06 bits per heavy atom. The third-order valence-corrected chi connectivity index (χ3v) is 3.70. The molecule has 1 aromatic rings. The standard InChI is InChI=1S/C12H16N2O2S/c1-14(2)12(15)9-3-5-13-11(7-9)16-10-4-6-17-8-10/h3,5,7,10H,4,6,8H2,1-2H3. The van der Waals surface area contributed by atoms with Gasteiger partial charge in [0.1, 0.15) is 6.10 Å². The van der Waals surface area contributed by atoms with E-state index in [1.807, 2.05) is 11.8 Å². The molecule has 1 aromatic heterocycles. The number of hydrogen-bond acceptors (Lipinski definition) is 4. The number of amides is 1. The third-order valence-electron chi connectivity index (χ3n) is 2.56. The van der Waals surface area contributed by atoms with Crippen molar-refractivity contribution in [2.45, 2.75) is 12.5 Å². The van der Waals surface area contributed by atoms with Crippen LogP contribution in [-0.4, -0.2) is 47.5 Å². The van der Waals surface area contributed by atoms with Crippen molar-refractivity contribution in [3.63, 3.8) is 0 Å². The van der Waals surface area contributed by atoms with Gasteiger partial charge in [-0.3, -0.25) is 4.79 Å². The van der Waals surface area contributed by atoms with Gasteiger partial charge in [0, 0.05) is 37.7 Å². The quantitative estimate of drug-likeness (QED) is 0.820. The van der Waals surface area contributed by atoms with Gasteiger partial charge in [0.2, 0.25) is 5.88 Å². The van der Waals surface area contributed by atoms with Crippen LogP contribution in [0.25, 0.3) is 0 Å². The second-order valence-corrected chi connectivity index (χ2v) is 5.34. The smallest absolute Gasteiger partial charge is 0.253 e. The zero-order valence-electron chi connectivity index (χ0n) is 10.0. The lowest BCUT2D eigenvalue weighted by Crippen LogP contribution is -2.22. The Labute approximate surface area is 105 Å². The largest absolute Gasteiger partial charge is 0.473 e. The van der Waals surface area contributed by atoms with Crippen molar-refractivity contribution in [3.8, 4) is 5.88 Å². The van der Waals surface area contributed by atoms with E-state index in [9.17, 15) is 4.79 Å². The number of carbonyl (C=O) groups is 1. The molecule has 0 N–H and O–H groups in total. The minimum atomic E-state index is -0.0296. The van der Waals surface area contributed by atoms with E-state index in [4.69, 9.17) is 4.74 Å². The molecule has 17 heavy (non-hydrogen) atoms. The third kappa shape index (κ3) is 3.12. The molecule has 0 bridgehead atoms. The number of carbonyl (C=O) groups excluding carboxylic acids is 1. The summed E-state index contributed by atoms with van der Waals surface area (Å²) in [5, 5.41) is 0. The number of nitrogens with zero attached hydrogens (tertiary/aromatic N) is 2. The van der Waals surface area contributed by atoms with Gasteiger partial charge in [-0.15, -0.1) is 0 Å². The van der Waals surface area contributed by atoms with E-state index >= 15 is 0 Å². The Kier molecular flexibility index (Phi) is 3.89. The summed E-state index contributed by atoms with van der Waals surface area (Å²) in [4.78, 5) is 17.5. The highest BCUT2D eigenvalue weighted by molar-refractivity contribution is 7.99. The number of hydrogen-bond donors (Lipinski definition) is 0. The molecule has 2 heterocycles. The van der Waals surface area contributed by atoms with Crippen molar-refractivity contribution in [1.82, 2.24) is 9.88 Å². The molecule has 1 aliphatic rings. The maximum absolute atomic E-state index is 11.8. The topological polar surface area (TPSA) is 42.4 Å². The van der Waals surface area contributed by atoms with Crippen molar-refractivity contribution >= 4 is 17.7 Å². The molecule has 5 heteroatoms. The van der Waals surface area contributed by atoms with Crippen LogP contribution in [0.1, 0.15) is 16.8 Å². The van der Waals surface area contributed by atoms with Crippen molar-refractivity contribution in [3.05, 3.63) is 23.9 Å². The summed E-state index contributed by atoms with van der Waals surface area (Å²) >= 11 is 1.89. The minimum absolute atomic E-state index is 0.0296.